The number of nitrogens with zero attached hydrogens (tertiary/aromatic N) is 2. The zero-order valence-corrected chi connectivity index (χ0v) is 10.8. The molecule has 1 unspecified atom stereocenters. The molecule has 17 heavy (non-hydrogen) atoms. The molecule has 100 valence electrons. The summed E-state index contributed by atoms with van der Waals surface area (Å²) in [6, 6.07) is 0. The normalized spacial score (nSPS) is 22.9. The fraction of sp³-hybridized carbons (Fsp3) is 0.889. The van der Waals surface area contributed by atoms with Gasteiger partial charge in [0.1, 0.15) is 0 Å². The van der Waals surface area contributed by atoms with Crippen LogP contribution >= 0.6 is 0 Å². The summed E-state index contributed by atoms with van der Waals surface area (Å²) in [5, 5.41) is 8.56. The highest BCUT2D eigenvalue weighted by atomic mass is 32.2. The van der Waals surface area contributed by atoms with Crippen molar-refractivity contribution in [2.24, 2.45) is 0 Å². The molecule has 1 rings (SSSR count). The van der Waals surface area contributed by atoms with E-state index in [1.165, 1.54) is 18.4 Å². The van der Waals surface area contributed by atoms with Gasteiger partial charge in [-0.1, -0.05) is 0 Å². The van der Waals surface area contributed by atoms with E-state index < -0.39 is 16.2 Å². The van der Waals surface area contributed by atoms with Crippen LogP contribution in [0.15, 0.2) is 0 Å². The SMILES string of the molecule is CN(C)S(=O)(=O)N1CCOC(CCC(=O)O)C1. The van der Waals surface area contributed by atoms with Crippen LogP contribution in [0.25, 0.3) is 0 Å². The third-order valence-electron chi connectivity index (χ3n) is 2.57. The number of rotatable bonds is 5. The van der Waals surface area contributed by atoms with Crippen molar-refractivity contribution in [2.75, 3.05) is 33.8 Å². The number of hydrogen-bond donors (Lipinski definition) is 1. The van der Waals surface area contributed by atoms with Crippen LogP contribution in [0.5, 0.6) is 0 Å². The van der Waals surface area contributed by atoms with Crippen LogP contribution in [-0.4, -0.2) is 68.0 Å². The minimum Gasteiger partial charge on any atom is -0.481 e. The Morgan fingerprint density at radius 2 is 2.18 bits per heavy atom. The van der Waals surface area contributed by atoms with E-state index in [1.54, 1.807) is 0 Å². The van der Waals surface area contributed by atoms with Gasteiger partial charge < -0.3 is 9.84 Å². The largest absolute Gasteiger partial charge is 0.481 e. The number of aliphatic carboxylic acids is 1. The predicted octanol–water partition coefficient (Wildman–Crippen LogP) is -0.642. The molecule has 1 atom stereocenters. The molecule has 0 spiro atoms. The number of ether oxygens (including phenoxy) is 1. The Balaban J connectivity index is 2.58. The Labute approximate surface area is 101 Å². The standard InChI is InChI=1S/C9H18N2O5S/c1-10(2)17(14,15)11-5-6-16-8(7-11)3-4-9(12)13/h8H,3-7H2,1-2H3,(H,12,13). The molecule has 0 saturated carbocycles. The first-order chi connectivity index (χ1) is 7.84. The van der Waals surface area contributed by atoms with Gasteiger partial charge in [-0.05, 0) is 6.42 Å². The molecule has 0 aliphatic carbocycles. The Bertz CT molecular complexity index is 368. The first-order valence-corrected chi connectivity index (χ1v) is 6.74. The molecule has 0 bridgehead atoms. The molecule has 0 aromatic rings. The van der Waals surface area contributed by atoms with E-state index in [-0.39, 0.29) is 19.1 Å². The van der Waals surface area contributed by atoms with E-state index >= 15 is 0 Å². The van der Waals surface area contributed by atoms with E-state index in [2.05, 4.69) is 0 Å². The van der Waals surface area contributed by atoms with Gasteiger partial charge in [0, 0.05) is 33.6 Å². The van der Waals surface area contributed by atoms with E-state index in [1.807, 2.05) is 0 Å². The molecule has 1 N–H and O–H groups in total. The molecular formula is C9H18N2O5S. The lowest BCUT2D eigenvalue weighted by Gasteiger charge is -2.33. The zero-order chi connectivity index (χ0) is 13.1. The number of carboxylic acids is 1. The highest BCUT2D eigenvalue weighted by Gasteiger charge is 2.30. The van der Waals surface area contributed by atoms with Gasteiger partial charge in [0.25, 0.3) is 10.2 Å². The van der Waals surface area contributed by atoms with Crippen molar-refractivity contribution in [3.63, 3.8) is 0 Å². The average Bonchev–Trinajstić information content (AvgIpc) is 2.26. The minimum absolute atomic E-state index is 0.0134. The number of carbonyl (C=O) groups is 1. The highest BCUT2D eigenvalue weighted by Crippen LogP contribution is 2.15. The molecule has 0 amide bonds. The van der Waals surface area contributed by atoms with E-state index in [0.29, 0.717) is 19.6 Å². The topological polar surface area (TPSA) is 87.2 Å². The number of carboxylic acid groups (broad SMARTS) is 1. The van der Waals surface area contributed by atoms with Crippen molar-refractivity contribution in [1.82, 2.24) is 8.61 Å². The van der Waals surface area contributed by atoms with Crippen molar-refractivity contribution < 1.29 is 23.1 Å². The Kier molecular flexibility index (Phi) is 4.87. The molecule has 1 fully saturated rings. The van der Waals surface area contributed by atoms with Crippen LogP contribution in [0, 0.1) is 0 Å². The molecular weight excluding hydrogens is 248 g/mol. The molecule has 1 aliphatic heterocycles. The smallest absolute Gasteiger partial charge is 0.303 e. The van der Waals surface area contributed by atoms with Crippen LogP contribution in [0.4, 0.5) is 0 Å². The van der Waals surface area contributed by atoms with Crippen LogP contribution in [-0.2, 0) is 19.7 Å². The summed E-state index contributed by atoms with van der Waals surface area (Å²) in [7, 11) is -0.494. The Morgan fingerprint density at radius 3 is 2.71 bits per heavy atom. The summed E-state index contributed by atoms with van der Waals surface area (Å²) in [6.45, 7) is 0.829. The van der Waals surface area contributed by atoms with Crippen molar-refractivity contribution in [3.05, 3.63) is 0 Å². The van der Waals surface area contributed by atoms with Crippen LogP contribution in [0.1, 0.15) is 12.8 Å². The molecule has 7 nitrogen and oxygen atoms in total. The molecule has 0 aromatic carbocycles. The lowest BCUT2D eigenvalue weighted by atomic mass is 10.2. The van der Waals surface area contributed by atoms with Crippen LogP contribution in [0.3, 0.4) is 0 Å². The van der Waals surface area contributed by atoms with Gasteiger partial charge in [-0.2, -0.15) is 17.0 Å². The quantitative estimate of drug-likeness (QED) is 0.715. The maximum atomic E-state index is 11.8. The van der Waals surface area contributed by atoms with Gasteiger partial charge in [0.2, 0.25) is 0 Å². The molecule has 1 saturated heterocycles. The second kappa shape index (κ2) is 5.76. The molecule has 1 aliphatic rings. The van der Waals surface area contributed by atoms with E-state index in [9.17, 15) is 13.2 Å². The van der Waals surface area contributed by atoms with Gasteiger partial charge in [0.15, 0.2) is 0 Å². The fourth-order valence-corrected chi connectivity index (χ4v) is 2.71. The lowest BCUT2D eigenvalue weighted by Crippen LogP contribution is -2.49. The fourth-order valence-electron chi connectivity index (χ4n) is 1.59. The molecule has 1 heterocycles. The zero-order valence-electron chi connectivity index (χ0n) is 10.00. The predicted molar refractivity (Wildman–Crippen MR) is 60.8 cm³/mol. The van der Waals surface area contributed by atoms with Gasteiger partial charge in [0.05, 0.1) is 12.7 Å². The highest BCUT2D eigenvalue weighted by molar-refractivity contribution is 7.86. The van der Waals surface area contributed by atoms with Gasteiger partial charge in [-0.15, -0.1) is 0 Å². The second-order valence-electron chi connectivity index (χ2n) is 4.07. The maximum absolute atomic E-state index is 11.8. The van der Waals surface area contributed by atoms with Crippen LogP contribution in [0.2, 0.25) is 0 Å². The maximum Gasteiger partial charge on any atom is 0.303 e. The first kappa shape index (κ1) is 14.4. The number of hydrogen-bond acceptors (Lipinski definition) is 4. The molecule has 0 aromatic heterocycles. The molecule has 8 heteroatoms. The first-order valence-electron chi connectivity index (χ1n) is 5.35. The van der Waals surface area contributed by atoms with Crippen molar-refractivity contribution >= 4 is 16.2 Å². The summed E-state index contributed by atoms with van der Waals surface area (Å²) in [5.74, 6) is -0.902. The third kappa shape index (κ3) is 3.91. The van der Waals surface area contributed by atoms with Crippen LogP contribution < -0.4 is 0 Å². The third-order valence-corrected chi connectivity index (χ3v) is 4.48. The monoisotopic (exact) mass is 266 g/mol. The molecule has 0 radical (unpaired) electrons. The average molecular weight is 266 g/mol. The van der Waals surface area contributed by atoms with Crippen molar-refractivity contribution in [3.8, 4) is 0 Å². The van der Waals surface area contributed by atoms with E-state index in [0.717, 1.165) is 4.31 Å². The Morgan fingerprint density at radius 1 is 1.53 bits per heavy atom. The van der Waals surface area contributed by atoms with Gasteiger partial charge >= 0.3 is 5.97 Å². The number of morpholine rings is 1. The van der Waals surface area contributed by atoms with Gasteiger partial charge in [-0.3, -0.25) is 4.79 Å². The van der Waals surface area contributed by atoms with Gasteiger partial charge in [-0.25, -0.2) is 0 Å². The Hall–Kier alpha value is -0.700. The van der Waals surface area contributed by atoms with Crippen molar-refractivity contribution in [1.29, 1.82) is 0 Å². The summed E-state index contributed by atoms with van der Waals surface area (Å²) >= 11 is 0. The summed E-state index contributed by atoms with van der Waals surface area (Å²) < 4.78 is 31.5. The summed E-state index contributed by atoms with van der Waals surface area (Å²) in [5.41, 5.74) is 0. The minimum atomic E-state index is -3.43. The van der Waals surface area contributed by atoms with E-state index in [4.69, 9.17) is 9.84 Å². The van der Waals surface area contributed by atoms with Crippen molar-refractivity contribution in [2.45, 2.75) is 18.9 Å². The lowest BCUT2D eigenvalue weighted by molar-refractivity contribution is -0.138. The summed E-state index contributed by atoms with van der Waals surface area (Å²) in [4.78, 5) is 10.4. The summed E-state index contributed by atoms with van der Waals surface area (Å²) in [6.07, 6.45) is -0.0236. The second-order valence-corrected chi connectivity index (χ2v) is 6.22.